The molecule has 8 nitrogen and oxygen atoms in total. The van der Waals surface area contributed by atoms with E-state index in [4.69, 9.17) is 9.47 Å². The molecule has 2 aliphatic rings. The summed E-state index contributed by atoms with van der Waals surface area (Å²) in [5.74, 6) is -0.0720. The number of quaternary nitrogens is 1. The van der Waals surface area contributed by atoms with Crippen molar-refractivity contribution in [1.29, 1.82) is 0 Å². The number of aryl methyl sites for hydroxylation is 1. The molecule has 0 spiro atoms. The molecule has 1 aromatic carbocycles. The zero-order valence-corrected chi connectivity index (χ0v) is 17.9. The van der Waals surface area contributed by atoms with Crippen LogP contribution in [0.2, 0.25) is 0 Å². The van der Waals surface area contributed by atoms with Crippen LogP contribution in [0.4, 0.5) is 16.2 Å². The Morgan fingerprint density at radius 2 is 1.87 bits per heavy atom. The Bertz CT molecular complexity index is 931. The van der Waals surface area contributed by atoms with Crippen LogP contribution in [0.1, 0.15) is 22.9 Å². The largest absolute Gasteiger partial charge is 0.435 e. The molecule has 3 N–H and O–H groups in total. The summed E-state index contributed by atoms with van der Waals surface area (Å²) >= 11 is 1.55. The molecule has 2 aliphatic heterocycles. The van der Waals surface area contributed by atoms with E-state index < -0.39 is 17.9 Å². The maximum atomic E-state index is 12.5. The summed E-state index contributed by atoms with van der Waals surface area (Å²) in [5, 5.41) is 12.2. The van der Waals surface area contributed by atoms with Crippen LogP contribution in [-0.4, -0.2) is 55.6 Å². The molecule has 160 valence electrons. The fourth-order valence-electron chi connectivity index (χ4n) is 3.69. The minimum Gasteiger partial charge on any atom is -0.435 e. The number of aliphatic hydroxyl groups excluding tert-OH is 1. The number of rotatable bonds is 6. The smallest absolute Gasteiger partial charge is 0.415 e. The number of hydrogen-bond donors (Lipinski definition) is 2. The second-order valence-corrected chi connectivity index (χ2v) is 9.17. The molecule has 1 aromatic heterocycles. The van der Waals surface area contributed by atoms with Crippen LogP contribution in [0.3, 0.4) is 0 Å². The van der Waals surface area contributed by atoms with Crippen LogP contribution in [-0.2, 0) is 14.3 Å². The van der Waals surface area contributed by atoms with Crippen molar-refractivity contribution in [2.45, 2.75) is 25.7 Å². The van der Waals surface area contributed by atoms with Gasteiger partial charge in [-0.25, -0.2) is 4.79 Å². The number of benzene rings is 1. The second-order valence-electron chi connectivity index (χ2n) is 7.85. The van der Waals surface area contributed by atoms with Crippen LogP contribution in [0.15, 0.2) is 36.4 Å². The number of cyclic esters (lactones) is 1. The van der Waals surface area contributed by atoms with Crippen molar-refractivity contribution >= 4 is 34.7 Å². The van der Waals surface area contributed by atoms with Crippen LogP contribution < -0.4 is 15.1 Å². The van der Waals surface area contributed by atoms with E-state index in [-0.39, 0.29) is 12.5 Å². The van der Waals surface area contributed by atoms with Crippen LogP contribution in [0.25, 0.3) is 0 Å². The van der Waals surface area contributed by atoms with E-state index in [9.17, 15) is 14.7 Å². The van der Waals surface area contributed by atoms with Gasteiger partial charge < -0.3 is 24.8 Å². The van der Waals surface area contributed by atoms with Gasteiger partial charge >= 0.3 is 6.09 Å². The van der Waals surface area contributed by atoms with Gasteiger partial charge in [-0.15, -0.1) is 11.3 Å². The Balaban J connectivity index is 1.39. The molecular formula is C21H26N3O5S+. The molecule has 30 heavy (non-hydrogen) atoms. The number of anilines is 2. The molecule has 1 unspecified atom stereocenters. The molecule has 0 saturated carbocycles. The predicted molar refractivity (Wildman–Crippen MR) is 113 cm³/mol. The van der Waals surface area contributed by atoms with Gasteiger partial charge in [-0.3, -0.25) is 9.69 Å². The van der Waals surface area contributed by atoms with Crippen molar-refractivity contribution in [3.05, 3.63) is 46.2 Å². The maximum absolute atomic E-state index is 12.5. The summed E-state index contributed by atoms with van der Waals surface area (Å²) in [4.78, 5) is 29.8. The van der Waals surface area contributed by atoms with E-state index in [0.717, 1.165) is 15.4 Å². The van der Waals surface area contributed by atoms with Crippen molar-refractivity contribution < 1.29 is 29.5 Å². The minimum absolute atomic E-state index is 0.0720. The lowest BCUT2D eigenvalue weighted by Gasteiger charge is -2.27. The first-order valence-corrected chi connectivity index (χ1v) is 10.7. The third-order valence-electron chi connectivity index (χ3n) is 5.33. The maximum Gasteiger partial charge on any atom is 0.415 e. The van der Waals surface area contributed by atoms with E-state index in [0.29, 0.717) is 31.9 Å². The number of hydrogen-bond acceptors (Lipinski definition) is 6. The van der Waals surface area contributed by atoms with Gasteiger partial charge in [0.25, 0.3) is 5.91 Å². The molecule has 2 aromatic rings. The van der Waals surface area contributed by atoms with E-state index in [1.807, 2.05) is 50.2 Å². The standard InChI is InChI=1S/C21H25N3O5S/c1-14-3-8-17(30-14)19(26)22-12-21(2)13-24(20(27)29-21)16-6-4-15(5-7-16)23-9-10-28-11-18(23)25/h3-8,19,22,26H,9-13H2,1-2H3/p+1/t19?,21-/m0/s1. The number of ether oxygens (including phenoxy) is 2. The number of morpholine rings is 1. The third-order valence-corrected chi connectivity index (χ3v) is 6.40. The van der Waals surface area contributed by atoms with Crippen LogP contribution >= 0.6 is 11.3 Å². The topological polar surface area (TPSA) is 95.9 Å². The molecule has 2 amide bonds. The molecule has 0 radical (unpaired) electrons. The Morgan fingerprint density at radius 3 is 2.50 bits per heavy atom. The van der Waals surface area contributed by atoms with Gasteiger partial charge in [-0.2, -0.15) is 0 Å². The first-order chi connectivity index (χ1) is 14.3. The highest BCUT2D eigenvalue weighted by molar-refractivity contribution is 7.11. The van der Waals surface area contributed by atoms with Gasteiger partial charge in [0.2, 0.25) is 6.23 Å². The predicted octanol–water partition coefficient (Wildman–Crippen LogP) is 1.39. The highest BCUT2D eigenvalue weighted by atomic mass is 32.1. The molecule has 0 bridgehead atoms. The van der Waals surface area contributed by atoms with Crippen LogP contribution in [0.5, 0.6) is 0 Å². The van der Waals surface area contributed by atoms with Crippen LogP contribution in [0, 0.1) is 6.92 Å². The first-order valence-electron chi connectivity index (χ1n) is 9.91. The number of carbonyl (C=O) groups excluding carboxylic acids is 2. The molecule has 4 rings (SSSR count). The van der Waals surface area contributed by atoms with E-state index >= 15 is 0 Å². The Labute approximate surface area is 179 Å². The lowest BCUT2D eigenvalue weighted by molar-refractivity contribution is -0.739. The van der Waals surface area contributed by atoms with E-state index in [1.165, 1.54) is 0 Å². The van der Waals surface area contributed by atoms with Crippen molar-refractivity contribution in [3.63, 3.8) is 0 Å². The number of nitrogens with zero attached hydrogens (tertiary/aromatic N) is 2. The second kappa shape index (κ2) is 8.35. The number of thiophene rings is 1. The molecule has 3 heterocycles. The zero-order valence-electron chi connectivity index (χ0n) is 17.0. The number of nitrogens with two attached hydrogens (primary N) is 1. The van der Waals surface area contributed by atoms with Gasteiger partial charge in [0.1, 0.15) is 13.2 Å². The van der Waals surface area contributed by atoms with Gasteiger partial charge in [-0.1, -0.05) is 0 Å². The Morgan fingerprint density at radius 1 is 1.17 bits per heavy atom. The van der Waals surface area contributed by atoms with Crippen molar-refractivity contribution in [2.24, 2.45) is 0 Å². The van der Waals surface area contributed by atoms with Crippen molar-refractivity contribution in [3.8, 4) is 0 Å². The number of aliphatic hydroxyl groups is 1. The SMILES string of the molecule is Cc1ccc(C(O)[NH2+]C[C@@]2(C)CN(c3ccc(N4CCOCC4=O)cc3)C(=O)O2)s1. The van der Waals surface area contributed by atoms with Crippen molar-refractivity contribution in [2.75, 3.05) is 42.6 Å². The van der Waals surface area contributed by atoms with Crippen molar-refractivity contribution in [1.82, 2.24) is 0 Å². The lowest BCUT2D eigenvalue weighted by Crippen LogP contribution is -2.89. The van der Waals surface area contributed by atoms with Gasteiger partial charge in [0.05, 0.1) is 18.0 Å². The third kappa shape index (κ3) is 4.34. The number of amides is 2. The fourth-order valence-corrected chi connectivity index (χ4v) is 4.55. The quantitative estimate of drug-likeness (QED) is 0.673. The molecule has 2 fully saturated rings. The molecule has 9 heteroatoms. The lowest BCUT2D eigenvalue weighted by atomic mass is 10.1. The van der Waals surface area contributed by atoms with E-state index in [2.05, 4.69) is 0 Å². The summed E-state index contributed by atoms with van der Waals surface area (Å²) in [5.41, 5.74) is 0.774. The van der Waals surface area contributed by atoms with Gasteiger partial charge in [0.15, 0.2) is 5.60 Å². The van der Waals surface area contributed by atoms with Gasteiger partial charge in [0, 0.05) is 22.8 Å². The monoisotopic (exact) mass is 432 g/mol. The molecule has 2 saturated heterocycles. The Kier molecular flexibility index (Phi) is 5.79. The summed E-state index contributed by atoms with van der Waals surface area (Å²) in [6.07, 6.45) is -1.10. The normalized spacial score (nSPS) is 23.0. The summed E-state index contributed by atoms with van der Waals surface area (Å²) in [6.45, 7) is 5.81. The van der Waals surface area contributed by atoms with Gasteiger partial charge in [-0.05, 0) is 50.2 Å². The summed E-state index contributed by atoms with van der Waals surface area (Å²) < 4.78 is 10.8. The summed E-state index contributed by atoms with van der Waals surface area (Å²) in [7, 11) is 0. The first kappa shape index (κ1) is 20.8. The Hall–Kier alpha value is -2.46. The summed E-state index contributed by atoms with van der Waals surface area (Å²) in [6, 6.07) is 11.2. The molecular weight excluding hydrogens is 406 g/mol. The minimum atomic E-state index is -0.719. The fraction of sp³-hybridized carbons (Fsp3) is 0.429. The average molecular weight is 433 g/mol. The van der Waals surface area contributed by atoms with E-state index in [1.54, 1.807) is 26.5 Å². The highest BCUT2D eigenvalue weighted by Crippen LogP contribution is 2.29. The number of carbonyl (C=O) groups is 2. The zero-order chi connectivity index (χ0) is 21.3. The highest BCUT2D eigenvalue weighted by Gasteiger charge is 2.44. The average Bonchev–Trinajstić information content (AvgIpc) is 3.30. The molecule has 0 aliphatic carbocycles. The molecule has 2 atom stereocenters.